The van der Waals surface area contributed by atoms with Gasteiger partial charge >= 0.3 is 0 Å². The molecule has 0 aromatic heterocycles. The summed E-state index contributed by atoms with van der Waals surface area (Å²) < 4.78 is 22.4. The van der Waals surface area contributed by atoms with Crippen molar-refractivity contribution >= 4 is 39.8 Å². The molecule has 3 N–H and O–H groups in total. The second-order valence-corrected chi connectivity index (χ2v) is 13.1. The van der Waals surface area contributed by atoms with Crippen LogP contribution in [0.4, 0.5) is 0 Å². The fourth-order valence-electron chi connectivity index (χ4n) is 3.79. The summed E-state index contributed by atoms with van der Waals surface area (Å²) in [7, 11) is -1.57. The molecule has 0 amide bonds. The van der Waals surface area contributed by atoms with Crippen molar-refractivity contribution in [3.63, 3.8) is 0 Å². The van der Waals surface area contributed by atoms with E-state index in [1.807, 2.05) is 57.2 Å². The first-order valence-electron chi connectivity index (χ1n) is 13.8. The molecule has 0 aliphatic rings. The second kappa shape index (κ2) is 18.3. The van der Waals surface area contributed by atoms with Gasteiger partial charge in [-0.3, -0.25) is 0 Å². The molecule has 0 aliphatic carbocycles. The number of rotatable bonds is 7. The van der Waals surface area contributed by atoms with Crippen LogP contribution in [-0.2, 0) is 15.3 Å². The lowest BCUT2D eigenvalue weighted by Crippen LogP contribution is -2.11. The molecule has 0 saturated carbocycles. The first kappa shape index (κ1) is 38.7. The summed E-state index contributed by atoms with van der Waals surface area (Å²) in [6, 6.07) is 15.2. The van der Waals surface area contributed by atoms with Gasteiger partial charge in [-0.2, -0.15) is 0 Å². The van der Waals surface area contributed by atoms with E-state index in [0.29, 0.717) is 4.90 Å². The van der Waals surface area contributed by atoms with Crippen LogP contribution in [0.2, 0.25) is 0 Å². The second-order valence-electron chi connectivity index (χ2n) is 9.99. The molecule has 0 saturated heterocycles. The largest absolute Gasteiger partial charge is 0.506 e. The van der Waals surface area contributed by atoms with E-state index in [1.54, 1.807) is 42.1 Å². The lowest BCUT2D eigenvalue weighted by molar-refractivity contribution is 0.460. The van der Waals surface area contributed by atoms with Crippen molar-refractivity contribution in [1.29, 1.82) is 0 Å². The topological polar surface area (TPSA) is 80.4 Å². The monoisotopic (exact) mass is 607 g/mol. The van der Waals surface area contributed by atoms with Gasteiger partial charge in [0.15, 0.2) is 9.84 Å². The highest BCUT2D eigenvalue weighted by atomic mass is 32.2. The highest BCUT2D eigenvalue weighted by Crippen LogP contribution is 2.41. The van der Waals surface area contributed by atoms with Crippen molar-refractivity contribution in [1.82, 2.24) is 0 Å². The predicted octanol–water partition coefficient (Wildman–Crippen LogP) is 9.63. The van der Waals surface area contributed by atoms with Gasteiger partial charge in [0.05, 0.1) is 9.79 Å². The highest BCUT2D eigenvalue weighted by molar-refractivity contribution is 7.99. The SMILES string of the molecule is C=C/C=C\c1cccc(Sc2cc(C)c(C=C)c(C=C)c2O)c1C.CC.CC(C)(C)c1ccc(S(C)(=O)=O)cc1.CN. The number of aryl methyl sites for hydroxylation is 1. The van der Waals surface area contributed by atoms with E-state index in [-0.39, 0.29) is 11.2 Å². The molecule has 0 fully saturated rings. The van der Waals surface area contributed by atoms with Gasteiger partial charge in [-0.25, -0.2) is 8.42 Å². The lowest BCUT2D eigenvalue weighted by Gasteiger charge is -2.18. The summed E-state index contributed by atoms with van der Waals surface area (Å²) in [5.41, 5.74) is 10.7. The van der Waals surface area contributed by atoms with Crippen molar-refractivity contribution in [2.75, 3.05) is 13.3 Å². The number of hydrogen-bond acceptors (Lipinski definition) is 5. The minimum Gasteiger partial charge on any atom is -0.506 e. The number of hydrogen-bond donors (Lipinski definition) is 2. The molecule has 0 aliphatic heterocycles. The van der Waals surface area contributed by atoms with Crippen LogP contribution in [0, 0.1) is 13.8 Å². The molecular weight excluding hydrogens is 559 g/mol. The average molecular weight is 608 g/mol. The van der Waals surface area contributed by atoms with Crippen LogP contribution < -0.4 is 5.73 Å². The third kappa shape index (κ3) is 11.2. The Balaban J connectivity index is 0.000000795. The molecule has 4 nitrogen and oxygen atoms in total. The normalized spacial score (nSPS) is 10.7. The maximum absolute atomic E-state index is 11.2. The summed E-state index contributed by atoms with van der Waals surface area (Å²) in [5, 5.41) is 10.6. The Morgan fingerprint density at radius 2 is 1.43 bits per heavy atom. The maximum Gasteiger partial charge on any atom is 0.175 e. The number of phenolic OH excluding ortho intramolecular Hbond substituents is 1. The number of benzene rings is 3. The summed E-state index contributed by atoms with van der Waals surface area (Å²) in [6.07, 6.45) is 10.4. The Labute approximate surface area is 259 Å². The van der Waals surface area contributed by atoms with Gasteiger partial charge < -0.3 is 10.8 Å². The average Bonchev–Trinajstić information content (AvgIpc) is 2.96. The zero-order valence-corrected chi connectivity index (χ0v) is 28.4. The van der Waals surface area contributed by atoms with E-state index in [0.717, 1.165) is 37.6 Å². The Hall–Kier alpha value is -3.32. The Morgan fingerprint density at radius 3 is 1.88 bits per heavy atom. The molecule has 3 aromatic rings. The molecule has 228 valence electrons. The number of aromatic hydroxyl groups is 1. The van der Waals surface area contributed by atoms with Gasteiger partial charge in [0.2, 0.25) is 0 Å². The first-order valence-corrected chi connectivity index (χ1v) is 16.5. The molecule has 0 bridgehead atoms. The van der Waals surface area contributed by atoms with E-state index >= 15 is 0 Å². The fraction of sp³-hybridized carbons (Fsp3) is 0.278. The fourth-order valence-corrected chi connectivity index (χ4v) is 5.51. The first-order chi connectivity index (χ1) is 19.7. The summed E-state index contributed by atoms with van der Waals surface area (Å²) >= 11 is 1.56. The lowest BCUT2D eigenvalue weighted by atomic mass is 9.87. The molecule has 0 spiro atoms. The number of nitrogens with two attached hydrogens (primary N) is 1. The van der Waals surface area contributed by atoms with Gasteiger partial charge in [-0.05, 0) is 78.4 Å². The Bertz CT molecular complexity index is 1460. The van der Waals surface area contributed by atoms with Gasteiger partial charge in [-0.1, -0.05) is 121 Å². The molecule has 0 heterocycles. The third-order valence-corrected chi connectivity index (χ3v) is 8.39. The van der Waals surface area contributed by atoms with Gasteiger partial charge in [-0.15, -0.1) is 0 Å². The summed E-state index contributed by atoms with van der Waals surface area (Å²) in [5.74, 6) is 0.252. The van der Waals surface area contributed by atoms with Gasteiger partial charge in [0.1, 0.15) is 5.75 Å². The quantitative estimate of drug-likeness (QED) is 0.261. The Kier molecular flexibility index (Phi) is 16.8. The van der Waals surface area contributed by atoms with Crippen molar-refractivity contribution in [2.45, 2.75) is 68.6 Å². The van der Waals surface area contributed by atoms with E-state index in [1.165, 1.54) is 18.9 Å². The molecular formula is C36H49NO3S2. The smallest absolute Gasteiger partial charge is 0.175 e. The van der Waals surface area contributed by atoms with Crippen molar-refractivity contribution in [3.8, 4) is 5.75 Å². The molecule has 3 rings (SSSR count). The molecule has 0 radical (unpaired) electrons. The van der Waals surface area contributed by atoms with Crippen molar-refractivity contribution in [2.24, 2.45) is 5.73 Å². The molecule has 0 unspecified atom stereocenters. The van der Waals surface area contributed by atoms with Crippen molar-refractivity contribution in [3.05, 3.63) is 114 Å². The van der Waals surface area contributed by atoms with Crippen LogP contribution >= 0.6 is 11.8 Å². The van der Waals surface area contributed by atoms with E-state index in [4.69, 9.17) is 0 Å². The van der Waals surface area contributed by atoms with Crippen molar-refractivity contribution < 1.29 is 13.5 Å². The van der Waals surface area contributed by atoms with Crippen LogP contribution in [0.5, 0.6) is 5.75 Å². The standard InChI is InChI=1S/C22H22OS.C11H16O2S.C2H6.CH5N/c1-6-9-11-17-12-10-13-20(16(17)5)24-21-14-15(4)18(7-2)19(8-3)22(21)23;1-11(2,3)9-5-7-10(8-6-9)14(4,12)13;2*1-2/h6-14,23H,1-3H2,4-5H3;5-8H,1-4H3;1-2H3;2H2,1H3/b11-9-;;;. The van der Waals surface area contributed by atoms with Crippen LogP contribution in [0.15, 0.2) is 95.1 Å². The number of phenols is 1. The van der Waals surface area contributed by atoms with Crippen LogP contribution in [-0.4, -0.2) is 26.8 Å². The third-order valence-electron chi connectivity index (χ3n) is 6.07. The zero-order chi connectivity index (χ0) is 32.7. The van der Waals surface area contributed by atoms with E-state index in [2.05, 4.69) is 65.3 Å². The molecule has 0 atom stereocenters. The Morgan fingerprint density at radius 1 is 0.881 bits per heavy atom. The summed E-state index contributed by atoms with van der Waals surface area (Å²) in [6.45, 7) is 25.8. The molecule has 3 aromatic carbocycles. The minimum atomic E-state index is -3.07. The molecule has 6 heteroatoms. The highest BCUT2D eigenvalue weighted by Gasteiger charge is 2.15. The zero-order valence-electron chi connectivity index (χ0n) is 26.8. The van der Waals surface area contributed by atoms with Crippen LogP contribution in [0.25, 0.3) is 18.2 Å². The maximum atomic E-state index is 11.2. The van der Waals surface area contributed by atoms with Gasteiger partial charge in [0, 0.05) is 16.7 Å². The van der Waals surface area contributed by atoms with E-state index in [9.17, 15) is 13.5 Å². The van der Waals surface area contributed by atoms with Gasteiger partial charge in [0.25, 0.3) is 0 Å². The number of sulfone groups is 1. The summed E-state index contributed by atoms with van der Waals surface area (Å²) in [4.78, 5) is 2.31. The number of allylic oxidation sites excluding steroid dienone is 2. The molecule has 42 heavy (non-hydrogen) atoms. The van der Waals surface area contributed by atoms with Crippen LogP contribution in [0.3, 0.4) is 0 Å². The van der Waals surface area contributed by atoms with E-state index < -0.39 is 9.84 Å². The predicted molar refractivity (Wildman–Crippen MR) is 187 cm³/mol. The minimum absolute atomic E-state index is 0.0655. The van der Waals surface area contributed by atoms with Crippen LogP contribution in [0.1, 0.15) is 68.0 Å².